The van der Waals surface area contributed by atoms with Gasteiger partial charge in [0.05, 0.1) is 0 Å². The highest BCUT2D eigenvalue weighted by atomic mass is 15.1. The molecule has 0 bridgehead atoms. The largest absolute Gasteiger partial charge is 0.317 e. The molecule has 3 nitrogen and oxygen atoms in total. The fourth-order valence-corrected chi connectivity index (χ4v) is 2.58. The van der Waals surface area contributed by atoms with Gasteiger partial charge in [0, 0.05) is 31.5 Å². The van der Waals surface area contributed by atoms with Crippen molar-refractivity contribution in [2.45, 2.75) is 39.3 Å². The van der Waals surface area contributed by atoms with Crippen LogP contribution in [0.2, 0.25) is 0 Å². The second kappa shape index (κ2) is 6.86. The molecule has 0 spiro atoms. The summed E-state index contributed by atoms with van der Waals surface area (Å²) in [5, 5.41) is 3.44. The van der Waals surface area contributed by atoms with Crippen LogP contribution < -0.4 is 5.32 Å². The summed E-state index contributed by atoms with van der Waals surface area (Å²) in [6.45, 7) is 9.23. The lowest BCUT2D eigenvalue weighted by Gasteiger charge is -2.32. The van der Waals surface area contributed by atoms with Crippen LogP contribution in [0.15, 0.2) is 24.5 Å². The lowest BCUT2D eigenvalue weighted by Crippen LogP contribution is -2.39. The molecule has 0 aromatic carbocycles. The zero-order valence-electron chi connectivity index (χ0n) is 11.6. The number of rotatable bonds is 5. The summed E-state index contributed by atoms with van der Waals surface area (Å²) < 4.78 is 0. The second-order valence-corrected chi connectivity index (χ2v) is 5.57. The SMILES string of the molecule is CC(C)N(Cc1ccncc1)CC1CCNCC1. The van der Waals surface area contributed by atoms with Crippen LogP contribution in [0, 0.1) is 5.92 Å². The highest BCUT2D eigenvalue weighted by Crippen LogP contribution is 2.17. The van der Waals surface area contributed by atoms with Crippen LogP contribution in [0.25, 0.3) is 0 Å². The Labute approximate surface area is 111 Å². The Morgan fingerprint density at radius 1 is 1.28 bits per heavy atom. The normalized spacial score (nSPS) is 17.6. The Kier molecular flexibility index (Phi) is 5.14. The monoisotopic (exact) mass is 247 g/mol. The van der Waals surface area contributed by atoms with Crippen LogP contribution in [0.5, 0.6) is 0 Å². The van der Waals surface area contributed by atoms with E-state index in [1.54, 1.807) is 0 Å². The molecule has 1 aliphatic heterocycles. The number of piperidine rings is 1. The smallest absolute Gasteiger partial charge is 0.0271 e. The average Bonchev–Trinajstić information content (AvgIpc) is 2.40. The topological polar surface area (TPSA) is 28.2 Å². The molecular formula is C15H25N3. The van der Waals surface area contributed by atoms with Gasteiger partial charge in [-0.25, -0.2) is 0 Å². The van der Waals surface area contributed by atoms with Gasteiger partial charge in [0.15, 0.2) is 0 Å². The molecule has 1 saturated heterocycles. The fraction of sp³-hybridized carbons (Fsp3) is 0.667. The van der Waals surface area contributed by atoms with E-state index in [-0.39, 0.29) is 0 Å². The first kappa shape index (κ1) is 13.5. The lowest BCUT2D eigenvalue weighted by atomic mass is 9.97. The van der Waals surface area contributed by atoms with Crippen molar-refractivity contribution in [2.75, 3.05) is 19.6 Å². The van der Waals surface area contributed by atoms with Gasteiger partial charge in [-0.3, -0.25) is 9.88 Å². The lowest BCUT2D eigenvalue weighted by molar-refractivity contribution is 0.162. The summed E-state index contributed by atoms with van der Waals surface area (Å²) in [5.74, 6) is 0.857. The van der Waals surface area contributed by atoms with Crippen molar-refractivity contribution < 1.29 is 0 Å². The minimum absolute atomic E-state index is 0.605. The van der Waals surface area contributed by atoms with Crippen molar-refractivity contribution in [1.82, 2.24) is 15.2 Å². The van der Waals surface area contributed by atoms with E-state index in [0.29, 0.717) is 6.04 Å². The molecule has 1 aromatic heterocycles. The molecule has 0 saturated carbocycles. The molecule has 1 aliphatic rings. The Hall–Kier alpha value is -0.930. The molecular weight excluding hydrogens is 222 g/mol. The molecule has 2 heterocycles. The molecule has 2 rings (SSSR count). The molecule has 0 atom stereocenters. The Balaban J connectivity index is 1.91. The van der Waals surface area contributed by atoms with Crippen LogP contribution >= 0.6 is 0 Å². The maximum absolute atomic E-state index is 4.09. The zero-order chi connectivity index (χ0) is 12.8. The number of nitrogens with zero attached hydrogens (tertiary/aromatic N) is 2. The standard InChI is InChI=1S/C15H25N3/c1-13(2)18(11-14-3-7-16-8-4-14)12-15-5-9-17-10-6-15/h3-4,7-8,13,15,17H,5-6,9-12H2,1-2H3. The summed E-state index contributed by atoms with van der Waals surface area (Å²) in [5.41, 5.74) is 1.37. The van der Waals surface area contributed by atoms with E-state index in [0.717, 1.165) is 12.5 Å². The highest BCUT2D eigenvalue weighted by molar-refractivity contribution is 5.09. The third-order valence-electron chi connectivity index (χ3n) is 3.82. The van der Waals surface area contributed by atoms with E-state index in [1.165, 1.54) is 38.0 Å². The first-order valence-corrected chi connectivity index (χ1v) is 7.09. The maximum atomic E-state index is 4.09. The summed E-state index contributed by atoms with van der Waals surface area (Å²) in [7, 11) is 0. The third-order valence-corrected chi connectivity index (χ3v) is 3.82. The predicted molar refractivity (Wildman–Crippen MR) is 75.4 cm³/mol. The summed E-state index contributed by atoms with van der Waals surface area (Å²) in [6.07, 6.45) is 6.41. The number of aromatic nitrogens is 1. The Morgan fingerprint density at radius 3 is 2.56 bits per heavy atom. The summed E-state index contributed by atoms with van der Waals surface area (Å²) in [6, 6.07) is 4.85. The summed E-state index contributed by atoms with van der Waals surface area (Å²) in [4.78, 5) is 6.68. The van der Waals surface area contributed by atoms with Crippen molar-refractivity contribution in [3.05, 3.63) is 30.1 Å². The quantitative estimate of drug-likeness (QED) is 0.865. The number of hydrogen-bond donors (Lipinski definition) is 1. The first-order chi connectivity index (χ1) is 8.75. The van der Waals surface area contributed by atoms with E-state index in [1.807, 2.05) is 12.4 Å². The molecule has 0 unspecified atom stereocenters. The minimum Gasteiger partial charge on any atom is -0.317 e. The first-order valence-electron chi connectivity index (χ1n) is 7.09. The number of hydrogen-bond acceptors (Lipinski definition) is 3. The van der Waals surface area contributed by atoms with E-state index in [2.05, 4.69) is 41.2 Å². The van der Waals surface area contributed by atoms with Gasteiger partial charge < -0.3 is 5.32 Å². The molecule has 3 heteroatoms. The van der Waals surface area contributed by atoms with Gasteiger partial charge in [-0.05, 0) is 63.4 Å². The van der Waals surface area contributed by atoms with Crippen molar-refractivity contribution >= 4 is 0 Å². The van der Waals surface area contributed by atoms with E-state index in [9.17, 15) is 0 Å². The molecule has 1 fully saturated rings. The minimum atomic E-state index is 0.605. The summed E-state index contributed by atoms with van der Waals surface area (Å²) >= 11 is 0. The average molecular weight is 247 g/mol. The molecule has 1 aromatic rings. The van der Waals surface area contributed by atoms with Gasteiger partial charge >= 0.3 is 0 Å². The number of nitrogens with one attached hydrogen (secondary N) is 1. The molecule has 18 heavy (non-hydrogen) atoms. The van der Waals surface area contributed by atoms with Crippen LogP contribution in [-0.2, 0) is 6.54 Å². The van der Waals surface area contributed by atoms with Gasteiger partial charge in [0.2, 0.25) is 0 Å². The van der Waals surface area contributed by atoms with Crippen LogP contribution in [0.3, 0.4) is 0 Å². The van der Waals surface area contributed by atoms with Gasteiger partial charge in [-0.2, -0.15) is 0 Å². The van der Waals surface area contributed by atoms with Gasteiger partial charge in [0.1, 0.15) is 0 Å². The van der Waals surface area contributed by atoms with Gasteiger partial charge in [-0.1, -0.05) is 0 Å². The van der Waals surface area contributed by atoms with E-state index >= 15 is 0 Å². The fourth-order valence-electron chi connectivity index (χ4n) is 2.58. The number of pyridine rings is 1. The van der Waals surface area contributed by atoms with E-state index in [4.69, 9.17) is 0 Å². The van der Waals surface area contributed by atoms with Crippen LogP contribution in [-0.4, -0.2) is 35.6 Å². The predicted octanol–water partition coefficient (Wildman–Crippen LogP) is 2.29. The molecule has 0 aliphatic carbocycles. The third kappa shape index (κ3) is 4.07. The van der Waals surface area contributed by atoms with Crippen LogP contribution in [0.1, 0.15) is 32.3 Å². The van der Waals surface area contributed by atoms with Gasteiger partial charge in [0.25, 0.3) is 0 Å². The van der Waals surface area contributed by atoms with Gasteiger partial charge in [-0.15, -0.1) is 0 Å². The van der Waals surface area contributed by atoms with Crippen molar-refractivity contribution in [2.24, 2.45) is 5.92 Å². The Morgan fingerprint density at radius 2 is 1.94 bits per heavy atom. The molecule has 0 amide bonds. The molecule has 100 valence electrons. The van der Waals surface area contributed by atoms with Crippen molar-refractivity contribution in [3.8, 4) is 0 Å². The Bertz CT molecular complexity index is 331. The molecule has 1 N–H and O–H groups in total. The van der Waals surface area contributed by atoms with Crippen LogP contribution in [0.4, 0.5) is 0 Å². The second-order valence-electron chi connectivity index (χ2n) is 5.57. The maximum Gasteiger partial charge on any atom is 0.0271 e. The van der Waals surface area contributed by atoms with Crippen molar-refractivity contribution in [3.63, 3.8) is 0 Å². The van der Waals surface area contributed by atoms with E-state index < -0.39 is 0 Å². The zero-order valence-corrected chi connectivity index (χ0v) is 11.6. The highest BCUT2D eigenvalue weighted by Gasteiger charge is 2.18. The van der Waals surface area contributed by atoms with Crippen molar-refractivity contribution in [1.29, 1.82) is 0 Å². The molecule has 0 radical (unpaired) electrons.